The van der Waals surface area contributed by atoms with Crippen molar-refractivity contribution in [3.63, 3.8) is 0 Å². The second kappa shape index (κ2) is 6.07. The first-order chi connectivity index (χ1) is 8.67. The molecule has 100 valence electrons. The van der Waals surface area contributed by atoms with Gasteiger partial charge in [-0.2, -0.15) is 0 Å². The minimum absolute atomic E-state index is 0.419. The van der Waals surface area contributed by atoms with E-state index in [1.807, 2.05) is 14.0 Å². The van der Waals surface area contributed by atoms with E-state index in [9.17, 15) is 0 Å². The Morgan fingerprint density at radius 1 is 1.44 bits per heavy atom. The van der Waals surface area contributed by atoms with Crippen LogP contribution in [0.5, 0.6) is 5.75 Å². The van der Waals surface area contributed by atoms with Gasteiger partial charge in [0.05, 0.1) is 6.61 Å². The number of hydrogen-bond donors (Lipinski definition) is 1. The van der Waals surface area contributed by atoms with Crippen LogP contribution in [0, 0.1) is 11.8 Å². The van der Waals surface area contributed by atoms with Gasteiger partial charge in [-0.3, -0.25) is 0 Å². The summed E-state index contributed by atoms with van der Waals surface area (Å²) >= 11 is 3.68. The molecule has 3 heteroatoms. The molecule has 0 heterocycles. The lowest BCUT2D eigenvalue weighted by molar-refractivity contribution is 0.338. The third kappa shape index (κ3) is 3.07. The number of benzene rings is 1. The second-order valence-corrected chi connectivity index (χ2v) is 5.93. The van der Waals surface area contributed by atoms with Crippen molar-refractivity contribution in [2.24, 2.45) is 11.8 Å². The van der Waals surface area contributed by atoms with Crippen molar-refractivity contribution in [2.45, 2.75) is 32.7 Å². The minimum atomic E-state index is 0.419. The summed E-state index contributed by atoms with van der Waals surface area (Å²) in [7, 11) is 2.05. The maximum absolute atomic E-state index is 5.52. The number of ether oxygens (including phenoxy) is 1. The van der Waals surface area contributed by atoms with E-state index >= 15 is 0 Å². The molecule has 1 fully saturated rings. The normalized spacial score (nSPS) is 18.4. The summed E-state index contributed by atoms with van der Waals surface area (Å²) < 4.78 is 6.66. The summed E-state index contributed by atoms with van der Waals surface area (Å²) in [5.74, 6) is 2.51. The summed E-state index contributed by atoms with van der Waals surface area (Å²) in [6.45, 7) is 5.06. The van der Waals surface area contributed by atoms with E-state index in [1.165, 1.54) is 18.4 Å². The van der Waals surface area contributed by atoms with Crippen LogP contribution in [-0.4, -0.2) is 13.7 Å². The van der Waals surface area contributed by atoms with Crippen LogP contribution in [0.1, 0.15) is 38.3 Å². The summed E-state index contributed by atoms with van der Waals surface area (Å²) in [6, 6.07) is 6.73. The number of hydrogen-bond acceptors (Lipinski definition) is 2. The lowest BCUT2D eigenvalue weighted by Crippen LogP contribution is -2.25. The summed E-state index contributed by atoms with van der Waals surface area (Å²) in [4.78, 5) is 0. The monoisotopic (exact) mass is 311 g/mol. The molecule has 1 aromatic carbocycles. The highest BCUT2D eigenvalue weighted by atomic mass is 79.9. The van der Waals surface area contributed by atoms with E-state index in [4.69, 9.17) is 4.74 Å². The smallest absolute Gasteiger partial charge is 0.120 e. The van der Waals surface area contributed by atoms with Crippen molar-refractivity contribution in [1.82, 2.24) is 5.32 Å². The van der Waals surface area contributed by atoms with Crippen LogP contribution in [0.2, 0.25) is 0 Å². The predicted octanol–water partition coefficient (Wildman–Crippen LogP) is 4.15. The summed E-state index contributed by atoms with van der Waals surface area (Å²) in [5.41, 5.74) is 1.33. The molecule has 1 aliphatic rings. The van der Waals surface area contributed by atoms with Gasteiger partial charge >= 0.3 is 0 Å². The molecule has 0 radical (unpaired) electrons. The van der Waals surface area contributed by atoms with Gasteiger partial charge in [0.15, 0.2) is 0 Å². The van der Waals surface area contributed by atoms with Gasteiger partial charge in [-0.15, -0.1) is 0 Å². The SMILES string of the molecule is CCOc1ccc(C(NC)C(C)C2CC2)c(Br)c1. The minimum Gasteiger partial charge on any atom is -0.494 e. The van der Waals surface area contributed by atoms with Crippen molar-refractivity contribution in [2.75, 3.05) is 13.7 Å². The Morgan fingerprint density at radius 3 is 2.67 bits per heavy atom. The molecular weight excluding hydrogens is 290 g/mol. The third-order valence-corrected chi connectivity index (χ3v) is 4.51. The lowest BCUT2D eigenvalue weighted by atomic mass is 9.91. The van der Waals surface area contributed by atoms with E-state index in [0.29, 0.717) is 18.6 Å². The molecule has 2 nitrogen and oxygen atoms in total. The Bertz CT molecular complexity index is 403. The Balaban J connectivity index is 2.19. The van der Waals surface area contributed by atoms with Gasteiger partial charge in [0.1, 0.15) is 5.75 Å². The molecular formula is C15H22BrNO. The first-order valence-corrected chi connectivity index (χ1v) is 7.56. The number of rotatable bonds is 6. The van der Waals surface area contributed by atoms with E-state index in [0.717, 1.165) is 16.1 Å². The predicted molar refractivity (Wildman–Crippen MR) is 79.0 cm³/mol. The zero-order valence-electron chi connectivity index (χ0n) is 11.4. The number of halogens is 1. The summed E-state index contributed by atoms with van der Waals surface area (Å²) in [6.07, 6.45) is 2.77. The van der Waals surface area contributed by atoms with Gasteiger partial charge in [-0.05, 0) is 56.3 Å². The van der Waals surface area contributed by atoms with Gasteiger partial charge < -0.3 is 10.1 Å². The molecule has 2 unspecified atom stereocenters. The largest absolute Gasteiger partial charge is 0.494 e. The van der Waals surface area contributed by atoms with Gasteiger partial charge in [0.2, 0.25) is 0 Å². The van der Waals surface area contributed by atoms with Crippen molar-refractivity contribution in [1.29, 1.82) is 0 Å². The Labute approximate surface area is 118 Å². The lowest BCUT2D eigenvalue weighted by Gasteiger charge is -2.25. The van der Waals surface area contributed by atoms with E-state index < -0.39 is 0 Å². The molecule has 0 bridgehead atoms. The van der Waals surface area contributed by atoms with Crippen LogP contribution in [-0.2, 0) is 0 Å². The molecule has 0 amide bonds. The van der Waals surface area contributed by atoms with Crippen molar-refractivity contribution in [3.8, 4) is 5.75 Å². The van der Waals surface area contributed by atoms with Gasteiger partial charge in [-0.1, -0.05) is 28.9 Å². The van der Waals surface area contributed by atoms with E-state index in [2.05, 4.69) is 46.4 Å². The average Bonchev–Trinajstić information content (AvgIpc) is 3.17. The molecule has 2 rings (SSSR count). The second-order valence-electron chi connectivity index (χ2n) is 5.08. The first-order valence-electron chi connectivity index (χ1n) is 6.76. The van der Waals surface area contributed by atoms with Crippen molar-refractivity contribution in [3.05, 3.63) is 28.2 Å². The van der Waals surface area contributed by atoms with Crippen LogP contribution in [0.4, 0.5) is 0 Å². The average molecular weight is 312 g/mol. The molecule has 1 aliphatic carbocycles. The van der Waals surface area contributed by atoms with Crippen LogP contribution in [0.3, 0.4) is 0 Å². The first kappa shape index (κ1) is 13.9. The van der Waals surface area contributed by atoms with Gasteiger partial charge in [0.25, 0.3) is 0 Å². The molecule has 1 saturated carbocycles. The highest BCUT2D eigenvalue weighted by molar-refractivity contribution is 9.10. The summed E-state index contributed by atoms with van der Waals surface area (Å²) in [5, 5.41) is 3.46. The molecule has 2 atom stereocenters. The van der Waals surface area contributed by atoms with Crippen molar-refractivity contribution < 1.29 is 4.74 Å². The van der Waals surface area contributed by atoms with Crippen LogP contribution in [0.25, 0.3) is 0 Å². The fraction of sp³-hybridized carbons (Fsp3) is 0.600. The Hall–Kier alpha value is -0.540. The van der Waals surface area contributed by atoms with Crippen LogP contribution in [0.15, 0.2) is 22.7 Å². The topological polar surface area (TPSA) is 21.3 Å². The Kier molecular flexibility index (Phi) is 4.68. The van der Waals surface area contributed by atoms with Gasteiger partial charge in [-0.25, -0.2) is 0 Å². The highest BCUT2D eigenvalue weighted by Crippen LogP contribution is 2.44. The maximum atomic E-state index is 5.52. The zero-order valence-corrected chi connectivity index (χ0v) is 13.0. The fourth-order valence-electron chi connectivity index (χ4n) is 2.61. The molecule has 0 aliphatic heterocycles. The van der Waals surface area contributed by atoms with E-state index in [1.54, 1.807) is 0 Å². The zero-order chi connectivity index (χ0) is 13.1. The maximum Gasteiger partial charge on any atom is 0.120 e. The third-order valence-electron chi connectivity index (χ3n) is 3.82. The fourth-order valence-corrected chi connectivity index (χ4v) is 3.22. The van der Waals surface area contributed by atoms with E-state index in [-0.39, 0.29) is 0 Å². The molecule has 0 aromatic heterocycles. The van der Waals surface area contributed by atoms with Crippen LogP contribution < -0.4 is 10.1 Å². The molecule has 18 heavy (non-hydrogen) atoms. The van der Waals surface area contributed by atoms with Crippen molar-refractivity contribution >= 4 is 15.9 Å². The Morgan fingerprint density at radius 2 is 2.17 bits per heavy atom. The standard InChI is InChI=1S/C15H22BrNO/c1-4-18-12-7-8-13(14(16)9-12)15(17-3)10(2)11-5-6-11/h7-11,15,17H,4-6H2,1-3H3. The number of nitrogens with one attached hydrogen (secondary N) is 1. The highest BCUT2D eigenvalue weighted by Gasteiger charge is 2.34. The molecule has 1 aromatic rings. The van der Waals surface area contributed by atoms with Gasteiger partial charge in [0, 0.05) is 10.5 Å². The van der Waals surface area contributed by atoms with Crippen LogP contribution >= 0.6 is 15.9 Å². The molecule has 1 N–H and O–H groups in total. The molecule has 0 saturated heterocycles. The quantitative estimate of drug-likeness (QED) is 0.852. The molecule has 0 spiro atoms.